The fourth-order valence-electron chi connectivity index (χ4n) is 3.29. The highest BCUT2D eigenvalue weighted by atomic mass is 35.5. The second-order valence-electron chi connectivity index (χ2n) is 6.94. The van der Waals surface area contributed by atoms with E-state index in [1.807, 2.05) is 27.7 Å². The predicted molar refractivity (Wildman–Crippen MR) is 95.5 cm³/mol. The Kier molecular flexibility index (Phi) is 6.95. The second kappa shape index (κ2) is 7.98. The minimum Gasteiger partial charge on any atom is -0.378 e. The molecule has 142 valence electrons. The number of hydrogen-bond donors (Lipinski definition) is 2. The normalized spacial score (nSPS) is 25.5. The average Bonchev–Trinajstić information content (AvgIpc) is 2.52. The first-order valence-electron chi connectivity index (χ1n) is 8.33. The van der Waals surface area contributed by atoms with Gasteiger partial charge in [-0.15, -0.1) is 12.4 Å². The van der Waals surface area contributed by atoms with Crippen molar-refractivity contribution >= 4 is 18.3 Å². The molecule has 1 saturated carbocycles. The van der Waals surface area contributed by atoms with Crippen molar-refractivity contribution < 1.29 is 18.3 Å². The Labute approximate surface area is 153 Å². The van der Waals surface area contributed by atoms with E-state index in [1.54, 1.807) is 0 Å². The number of benzene rings is 1. The van der Waals surface area contributed by atoms with Crippen molar-refractivity contribution in [2.45, 2.75) is 58.2 Å². The zero-order valence-corrected chi connectivity index (χ0v) is 15.9. The van der Waals surface area contributed by atoms with Crippen LogP contribution >= 0.6 is 12.4 Å². The fourth-order valence-corrected chi connectivity index (χ4v) is 3.29. The molecule has 0 saturated heterocycles. The van der Waals surface area contributed by atoms with Crippen LogP contribution in [0.2, 0.25) is 0 Å². The molecule has 2 rings (SSSR count). The molecule has 1 aliphatic rings. The molecule has 0 aromatic heterocycles. The Balaban J connectivity index is 0.00000312. The molecule has 0 bridgehead atoms. The summed E-state index contributed by atoms with van der Waals surface area (Å²) in [5.41, 5.74) is 5.01. The van der Waals surface area contributed by atoms with Gasteiger partial charge in [0.25, 0.3) is 0 Å². The first kappa shape index (κ1) is 21.8. The van der Waals surface area contributed by atoms with E-state index < -0.39 is 28.6 Å². The maximum absolute atomic E-state index is 14.0. The molecule has 3 unspecified atom stereocenters. The van der Waals surface area contributed by atoms with E-state index in [0.29, 0.717) is 19.4 Å². The Morgan fingerprint density at radius 1 is 1.40 bits per heavy atom. The van der Waals surface area contributed by atoms with Crippen LogP contribution in [0.25, 0.3) is 0 Å². The molecule has 3 N–H and O–H groups in total. The number of nitrogens with one attached hydrogen (secondary N) is 1. The summed E-state index contributed by atoms with van der Waals surface area (Å²) in [5.74, 6) is -1.65. The van der Waals surface area contributed by atoms with E-state index in [-0.39, 0.29) is 30.0 Å². The quantitative estimate of drug-likeness (QED) is 0.798. The SMILES string of the molecule is CCOC1CC(N)(C(=O)NC(CC)c2ccc(F)cc2F)C1(C)C.Cl. The Morgan fingerprint density at radius 3 is 2.52 bits per heavy atom. The maximum Gasteiger partial charge on any atom is 0.241 e. The molecule has 0 spiro atoms. The molecule has 1 aliphatic carbocycles. The molecular formula is C18H27ClF2N2O2. The second-order valence-corrected chi connectivity index (χ2v) is 6.94. The summed E-state index contributed by atoms with van der Waals surface area (Å²) in [4.78, 5) is 12.7. The molecule has 4 nitrogen and oxygen atoms in total. The van der Waals surface area contributed by atoms with Gasteiger partial charge in [0, 0.05) is 30.1 Å². The number of ether oxygens (including phenoxy) is 1. The van der Waals surface area contributed by atoms with Crippen molar-refractivity contribution in [2.75, 3.05) is 6.61 Å². The van der Waals surface area contributed by atoms with Gasteiger partial charge in [-0.3, -0.25) is 4.79 Å². The van der Waals surface area contributed by atoms with Crippen LogP contribution in [0.5, 0.6) is 0 Å². The molecule has 1 aromatic rings. The zero-order chi connectivity index (χ0) is 18.1. The number of rotatable bonds is 6. The Bertz CT molecular complexity index is 627. The summed E-state index contributed by atoms with van der Waals surface area (Å²) in [6.45, 7) is 8.08. The molecule has 1 aromatic carbocycles. The number of amides is 1. The Morgan fingerprint density at radius 2 is 2.04 bits per heavy atom. The molecule has 0 radical (unpaired) electrons. The van der Waals surface area contributed by atoms with Gasteiger partial charge in [-0.25, -0.2) is 8.78 Å². The van der Waals surface area contributed by atoms with Gasteiger partial charge in [-0.1, -0.05) is 26.8 Å². The van der Waals surface area contributed by atoms with Gasteiger partial charge in [-0.05, 0) is 19.4 Å². The lowest BCUT2D eigenvalue weighted by atomic mass is 9.54. The summed E-state index contributed by atoms with van der Waals surface area (Å²) in [6.07, 6.45) is 0.808. The summed E-state index contributed by atoms with van der Waals surface area (Å²) in [6, 6.07) is 2.81. The van der Waals surface area contributed by atoms with Gasteiger partial charge < -0.3 is 15.8 Å². The van der Waals surface area contributed by atoms with E-state index in [4.69, 9.17) is 10.5 Å². The van der Waals surface area contributed by atoms with Crippen molar-refractivity contribution in [3.63, 3.8) is 0 Å². The molecule has 0 aliphatic heterocycles. The molecule has 25 heavy (non-hydrogen) atoms. The fraction of sp³-hybridized carbons (Fsp3) is 0.611. The highest BCUT2D eigenvalue weighted by Crippen LogP contribution is 2.50. The zero-order valence-electron chi connectivity index (χ0n) is 15.1. The topological polar surface area (TPSA) is 64.3 Å². The highest BCUT2D eigenvalue weighted by Gasteiger charge is 2.63. The van der Waals surface area contributed by atoms with E-state index in [0.717, 1.165) is 6.07 Å². The van der Waals surface area contributed by atoms with Crippen LogP contribution in [0.4, 0.5) is 8.78 Å². The van der Waals surface area contributed by atoms with Crippen molar-refractivity contribution in [3.05, 3.63) is 35.4 Å². The molecule has 7 heteroatoms. The number of hydrogen-bond acceptors (Lipinski definition) is 3. The van der Waals surface area contributed by atoms with Crippen LogP contribution in [-0.4, -0.2) is 24.2 Å². The first-order chi connectivity index (χ1) is 11.2. The third kappa shape index (κ3) is 3.81. The number of halogens is 3. The smallest absolute Gasteiger partial charge is 0.241 e. The molecule has 0 heterocycles. The summed E-state index contributed by atoms with van der Waals surface area (Å²) in [5, 5.41) is 2.82. The molecule has 1 fully saturated rings. The monoisotopic (exact) mass is 376 g/mol. The lowest BCUT2D eigenvalue weighted by Gasteiger charge is -2.57. The van der Waals surface area contributed by atoms with Crippen molar-refractivity contribution in [2.24, 2.45) is 11.1 Å². The van der Waals surface area contributed by atoms with E-state index in [2.05, 4.69) is 5.32 Å². The first-order valence-corrected chi connectivity index (χ1v) is 8.33. The molecule has 3 atom stereocenters. The lowest BCUT2D eigenvalue weighted by molar-refractivity contribution is -0.171. The minimum atomic E-state index is -1.07. The van der Waals surface area contributed by atoms with E-state index in [1.165, 1.54) is 12.1 Å². The average molecular weight is 377 g/mol. The van der Waals surface area contributed by atoms with Gasteiger partial charge in [-0.2, -0.15) is 0 Å². The van der Waals surface area contributed by atoms with Crippen LogP contribution in [0.1, 0.15) is 52.1 Å². The highest BCUT2D eigenvalue weighted by molar-refractivity contribution is 5.89. The van der Waals surface area contributed by atoms with Crippen LogP contribution in [0.3, 0.4) is 0 Å². The van der Waals surface area contributed by atoms with E-state index in [9.17, 15) is 13.6 Å². The Hall–Kier alpha value is -1.24. The van der Waals surface area contributed by atoms with Crippen LogP contribution in [-0.2, 0) is 9.53 Å². The number of nitrogens with two attached hydrogens (primary N) is 1. The van der Waals surface area contributed by atoms with Crippen LogP contribution in [0.15, 0.2) is 18.2 Å². The van der Waals surface area contributed by atoms with Gasteiger partial charge >= 0.3 is 0 Å². The molecule has 1 amide bonds. The minimum absolute atomic E-state index is 0. The lowest BCUT2D eigenvalue weighted by Crippen LogP contribution is -2.75. The largest absolute Gasteiger partial charge is 0.378 e. The van der Waals surface area contributed by atoms with Gasteiger partial charge in [0.15, 0.2) is 0 Å². The summed E-state index contributed by atoms with van der Waals surface area (Å²) in [7, 11) is 0. The third-order valence-corrected chi connectivity index (χ3v) is 5.29. The predicted octanol–water partition coefficient (Wildman–Crippen LogP) is 3.49. The van der Waals surface area contributed by atoms with Crippen LogP contribution < -0.4 is 11.1 Å². The van der Waals surface area contributed by atoms with Crippen molar-refractivity contribution in [1.82, 2.24) is 5.32 Å². The maximum atomic E-state index is 14.0. The standard InChI is InChI=1S/C18H26F2N2O2.ClH/c1-5-14(12-8-7-11(19)9-13(12)20)22-16(23)18(21)10-15(24-6-2)17(18,3)4;/h7-9,14-15H,5-6,10,21H2,1-4H3,(H,22,23);1H. The van der Waals surface area contributed by atoms with Gasteiger partial charge in [0.1, 0.15) is 17.2 Å². The third-order valence-electron chi connectivity index (χ3n) is 5.29. The van der Waals surface area contributed by atoms with Crippen molar-refractivity contribution in [1.29, 1.82) is 0 Å². The number of carbonyl (C=O) groups excluding carboxylic acids is 1. The summed E-state index contributed by atoms with van der Waals surface area (Å²) < 4.78 is 32.7. The summed E-state index contributed by atoms with van der Waals surface area (Å²) >= 11 is 0. The number of carbonyl (C=O) groups is 1. The van der Waals surface area contributed by atoms with E-state index >= 15 is 0 Å². The van der Waals surface area contributed by atoms with Gasteiger partial charge in [0.05, 0.1) is 12.1 Å². The van der Waals surface area contributed by atoms with Crippen LogP contribution in [0, 0.1) is 17.0 Å². The van der Waals surface area contributed by atoms with Crippen molar-refractivity contribution in [3.8, 4) is 0 Å². The van der Waals surface area contributed by atoms with Gasteiger partial charge in [0.2, 0.25) is 5.91 Å². The molecular weight excluding hydrogens is 350 g/mol.